The Morgan fingerprint density at radius 3 is 2.42 bits per heavy atom. The summed E-state index contributed by atoms with van der Waals surface area (Å²) in [7, 11) is 1.60. The molecule has 3 aliphatic carbocycles. The van der Waals surface area contributed by atoms with Gasteiger partial charge in [-0.05, 0) is 127 Å². The van der Waals surface area contributed by atoms with Gasteiger partial charge in [-0.3, -0.25) is 4.79 Å². The van der Waals surface area contributed by atoms with Crippen LogP contribution in [0.5, 0.6) is 17.2 Å². The lowest BCUT2D eigenvalue weighted by atomic mass is 9.55. The molecule has 4 aromatic carbocycles. The van der Waals surface area contributed by atoms with Crippen molar-refractivity contribution in [2.24, 2.45) is 28.8 Å². The first-order valence-corrected chi connectivity index (χ1v) is 23.9. The highest BCUT2D eigenvalue weighted by Gasteiger charge is 2.65. The standard InChI is InChI=1S/C55H68N2O7/c1-5-31-62-55-51(57(52(60)28-24-39-15-6-7-16-39)36-42-20-14-19-40-17-8-9-21-45(40)42)35-49(56-61-4)47-33-41(18-10-12-29-58)46(22-11-13-30-59)53(54(47)55)48-34-44(26-27-50(48)64-55)63-43-25-23-37(2)38(3)32-43/h5,8-9,14,17,19-21,23,25-27,32-34,39,41,46,51,53-54,58-59H,1,6-7,10-13,15-16,18,22,24,28-31,35-36H2,2-4H3/t41-,46+,51-,53+,54+,55+/m0/s1. The second kappa shape index (κ2) is 20.9. The molecule has 0 aromatic heterocycles. The van der Waals surface area contributed by atoms with Crippen LogP contribution in [0.1, 0.15) is 112 Å². The van der Waals surface area contributed by atoms with E-state index in [1.54, 1.807) is 13.2 Å². The zero-order valence-corrected chi connectivity index (χ0v) is 38.2. The molecule has 9 nitrogen and oxygen atoms in total. The van der Waals surface area contributed by atoms with Gasteiger partial charge in [0.1, 0.15) is 30.4 Å². The Morgan fingerprint density at radius 1 is 0.906 bits per heavy atom. The van der Waals surface area contributed by atoms with Gasteiger partial charge < -0.3 is 34.2 Å². The molecule has 0 radical (unpaired) electrons. The summed E-state index contributed by atoms with van der Waals surface area (Å²) in [5.74, 6) is 1.18. The number of rotatable bonds is 20. The summed E-state index contributed by atoms with van der Waals surface area (Å²) in [4.78, 5) is 23.1. The lowest BCUT2D eigenvalue weighted by molar-refractivity contribution is -0.258. The fourth-order valence-corrected chi connectivity index (χ4v) is 11.5. The third-order valence-corrected chi connectivity index (χ3v) is 14.7. The van der Waals surface area contributed by atoms with Crippen LogP contribution in [0.15, 0.2) is 108 Å². The maximum atomic E-state index is 15.3. The molecule has 9 heteroatoms. The maximum Gasteiger partial charge on any atom is 0.239 e. The van der Waals surface area contributed by atoms with Gasteiger partial charge in [0.2, 0.25) is 11.7 Å². The maximum absolute atomic E-state index is 15.3. The lowest BCUT2D eigenvalue weighted by Crippen LogP contribution is -2.70. The fraction of sp³-hybridized carbons (Fsp3) is 0.491. The molecule has 0 bridgehead atoms. The minimum atomic E-state index is -1.33. The number of oxime groups is 1. The van der Waals surface area contributed by atoms with Gasteiger partial charge in [0.25, 0.3) is 0 Å². The molecule has 1 heterocycles. The van der Waals surface area contributed by atoms with E-state index in [4.69, 9.17) is 24.2 Å². The fourth-order valence-electron chi connectivity index (χ4n) is 11.5. The number of nitrogens with zero attached hydrogens (tertiary/aromatic N) is 2. The Bertz CT molecular complexity index is 2310. The van der Waals surface area contributed by atoms with Crippen molar-refractivity contribution in [2.45, 2.75) is 122 Å². The van der Waals surface area contributed by atoms with Crippen molar-refractivity contribution in [1.29, 1.82) is 0 Å². The largest absolute Gasteiger partial charge is 0.459 e. The van der Waals surface area contributed by atoms with Gasteiger partial charge in [0, 0.05) is 44.1 Å². The molecule has 4 aromatic rings. The number of unbranched alkanes of at least 4 members (excludes halogenated alkanes) is 2. The van der Waals surface area contributed by atoms with E-state index in [1.807, 2.05) is 18.2 Å². The van der Waals surface area contributed by atoms with E-state index in [2.05, 4.69) is 92.1 Å². The van der Waals surface area contributed by atoms with Crippen LogP contribution >= 0.6 is 0 Å². The number of hydrogen-bond acceptors (Lipinski definition) is 8. The number of aryl methyl sites for hydroxylation is 2. The van der Waals surface area contributed by atoms with Crippen LogP contribution in [-0.4, -0.2) is 65.5 Å². The smallest absolute Gasteiger partial charge is 0.239 e. The van der Waals surface area contributed by atoms with Crippen LogP contribution in [0.4, 0.5) is 0 Å². The van der Waals surface area contributed by atoms with Crippen LogP contribution in [0.2, 0.25) is 0 Å². The Kier molecular flexibility index (Phi) is 14.9. The number of aliphatic hydroxyl groups excluding tert-OH is 2. The molecule has 0 spiro atoms. The van der Waals surface area contributed by atoms with Gasteiger partial charge in [-0.25, -0.2) is 0 Å². The number of allylic oxidation sites excluding steroid dienone is 1. The van der Waals surface area contributed by atoms with Gasteiger partial charge in [-0.15, -0.1) is 6.58 Å². The predicted molar refractivity (Wildman–Crippen MR) is 254 cm³/mol. The quantitative estimate of drug-likeness (QED) is 0.0517. The highest BCUT2D eigenvalue weighted by Crippen LogP contribution is 2.62. The van der Waals surface area contributed by atoms with E-state index in [0.717, 1.165) is 76.6 Å². The number of carbonyl (C=O) groups excluding carboxylic acids is 1. The molecule has 2 fully saturated rings. The van der Waals surface area contributed by atoms with Crippen LogP contribution in [0.3, 0.4) is 0 Å². The molecular weight excluding hydrogens is 801 g/mol. The van der Waals surface area contributed by atoms with Gasteiger partial charge in [0.05, 0.1) is 18.2 Å². The van der Waals surface area contributed by atoms with E-state index in [9.17, 15) is 10.2 Å². The Hall–Kier alpha value is -4.96. The number of carbonyl (C=O) groups is 1. The van der Waals surface area contributed by atoms with E-state index in [0.29, 0.717) is 49.6 Å². The van der Waals surface area contributed by atoms with Crippen molar-refractivity contribution in [3.63, 3.8) is 0 Å². The molecule has 0 saturated heterocycles. The van der Waals surface area contributed by atoms with Crippen molar-refractivity contribution < 1.29 is 34.1 Å². The first-order valence-electron chi connectivity index (χ1n) is 23.9. The molecule has 340 valence electrons. The Labute approximate surface area is 380 Å². The van der Waals surface area contributed by atoms with Gasteiger partial charge in [-0.1, -0.05) is 104 Å². The highest BCUT2D eigenvalue weighted by atomic mass is 16.7. The minimum Gasteiger partial charge on any atom is -0.459 e. The number of amides is 1. The number of ether oxygens (including phenoxy) is 3. The van der Waals surface area contributed by atoms with Crippen molar-refractivity contribution >= 4 is 22.4 Å². The second-order valence-electron chi connectivity index (χ2n) is 18.7. The average molecular weight is 869 g/mol. The molecule has 2 N–H and O–H groups in total. The van der Waals surface area contributed by atoms with Gasteiger partial charge in [-0.2, -0.15) is 0 Å². The Balaban J connectivity index is 1.32. The molecule has 8 rings (SSSR count). The predicted octanol–water partition coefficient (Wildman–Crippen LogP) is 11.5. The van der Waals surface area contributed by atoms with Crippen LogP contribution < -0.4 is 9.47 Å². The molecule has 4 aliphatic rings. The van der Waals surface area contributed by atoms with E-state index < -0.39 is 17.7 Å². The van der Waals surface area contributed by atoms with E-state index >= 15 is 4.79 Å². The van der Waals surface area contributed by atoms with Crippen LogP contribution in [0.25, 0.3) is 10.8 Å². The number of hydrogen-bond donors (Lipinski definition) is 2. The molecule has 1 aliphatic heterocycles. The van der Waals surface area contributed by atoms with Crippen LogP contribution in [0, 0.1) is 37.5 Å². The summed E-state index contributed by atoms with van der Waals surface area (Å²) in [6.45, 7) is 9.15. The molecule has 1 amide bonds. The number of aliphatic hydroxyl groups is 2. The molecule has 6 atom stereocenters. The van der Waals surface area contributed by atoms with Crippen molar-refractivity contribution in [1.82, 2.24) is 4.90 Å². The minimum absolute atomic E-state index is 0.0795. The summed E-state index contributed by atoms with van der Waals surface area (Å²) >= 11 is 0. The molecule has 0 unspecified atom stereocenters. The number of fused-ring (bicyclic) bond motifs is 3. The third-order valence-electron chi connectivity index (χ3n) is 14.7. The van der Waals surface area contributed by atoms with Crippen molar-refractivity contribution in [3.8, 4) is 17.2 Å². The Morgan fingerprint density at radius 2 is 1.66 bits per heavy atom. The summed E-state index contributed by atoms with van der Waals surface area (Å²) in [5, 5.41) is 27.1. The van der Waals surface area contributed by atoms with E-state index in [1.165, 1.54) is 31.2 Å². The van der Waals surface area contributed by atoms with Crippen molar-refractivity contribution in [2.75, 3.05) is 26.9 Å². The van der Waals surface area contributed by atoms with E-state index in [-0.39, 0.29) is 43.5 Å². The van der Waals surface area contributed by atoms with Crippen molar-refractivity contribution in [3.05, 3.63) is 125 Å². The summed E-state index contributed by atoms with van der Waals surface area (Å²) in [5.41, 5.74) is 6.27. The zero-order valence-electron chi connectivity index (χ0n) is 38.2. The molecule has 2 saturated carbocycles. The third kappa shape index (κ3) is 9.54. The first-order chi connectivity index (χ1) is 31.3. The summed E-state index contributed by atoms with van der Waals surface area (Å²) in [6, 6.07) is 26.5. The first kappa shape index (κ1) is 45.6. The zero-order chi connectivity index (χ0) is 44.6. The van der Waals surface area contributed by atoms with Gasteiger partial charge in [0.15, 0.2) is 0 Å². The van der Waals surface area contributed by atoms with Crippen LogP contribution in [-0.2, 0) is 20.9 Å². The SMILES string of the molecule is C=CCO[C@@]12Oc3ccc(Oc4ccc(C)c(C)c4)cc3[C@H]3[C@H](CCCCO)[C@@H](CCCCO)C=C(C(=NOC)C[C@@H]1N(Cc1cccc4ccccc14)C(=O)CCC1CCCC1)[C@H]32. The highest BCUT2D eigenvalue weighted by molar-refractivity contribution is 6.03. The average Bonchev–Trinajstić information content (AvgIpc) is 3.84. The summed E-state index contributed by atoms with van der Waals surface area (Å²) in [6.07, 6.45) is 15.4. The summed E-state index contributed by atoms with van der Waals surface area (Å²) < 4.78 is 21.5. The van der Waals surface area contributed by atoms with Gasteiger partial charge >= 0.3 is 0 Å². The lowest BCUT2D eigenvalue weighted by Gasteiger charge is -2.60. The topological polar surface area (TPSA) is 110 Å². The molecule has 64 heavy (non-hydrogen) atoms. The monoisotopic (exact) mass is 869 g/mol. The second-order valence-corrected chi connectivity index (χ2v) is 18.7. The molecular formula is C55H68N2O7. The number of benzene rings is 4. The normalized spacial score (nSPS) is 24.4.